The van der Waals surface area contributed by atoms with E-state index < -0.39 is 0 Å². The maximum atomic E-state index is 6.80. The van der Waals surface area contributed by atoms with Crippen molar-refractivity contribution in [3.63, 3.8) is 0 Å². The first kappa shape index (κ1) is 16.8. The summed E-state index contributed by atoms with van der Waals surface area (Å²) in [5.74, 6) is 2.74. The number of aryl methyl sites for hydroxylation is 4. The van der Waals surface area contributed by atoms with Gasteiger partial charge in [-0.1, -0.05) is 31.0 Å². The minimum Gasteiger partial charge on any atom is -0.455 e. The molecule has 3 aliphatic rings. The van der Waals surface area contributed by atoms with Gasteiger partial charge in [0.15, 0.2) is 11.2 Å². The van der Waals surface area contributed by atoms with Crippen LogP contribution in [0.2, 0.25) is 0 Å². The molecule has 148 valence electrons. The van der Waals surface area contributed by atoms with Crippen LogP contribution in [0.4, 0.5) is 0 Å². The Kier molecular flexibility index (Phi) is 3.26. The Bertz CT molecular complexity index is 1400. The Labute approximate surface area is 176 Å². The lowest BCUT2D eigenvalue weighted by molar-refractivity contribution is -0.662. The number of hydrogen-bond acceptors (Lipinski definition) is 2. The molecule has 0 unspecified atom stereocenters. The summed E-state index contributed by atoms with van der Waals surface area (Å²) in [7, 11) is 2.12. The van der Waals surface area contributed by atoms with E-state index in [0.717, 1.165) is 35.2 Å². The van der Waals surface area contributed by atoms with Crippen molar-refractivity contribution in [2.75, 3.05) is 0 Å². The van der Waals surface area contributed by atoms with Crippen molar-refractivity contribution in [1.82, 2.24) is 4.98 Å². The number of aromatic nitrogens is 2. The zero-order chi connectivity index (χ0) is 20.0. The lowest BCUT2D eigenvalue weighted by atomic mass is 9.88. The van der Waals surface area contributed by atoms with Crippen LogP contribution in [-0.4, -0.2) is 4.98 Å². The molecule has 0 radical (unpaired) electrons. The zero-order valence-corrected chi connectivity index (χ0v) is 17.6. The van der Waals surface area contributed by atoms with Gasteiger partial charge in [-0.3, -0.25) is 0 Å². The number of fused-ring (bicyclic) bond motifs is 3. The predicted molar refractivity (Wildman–Crippen MR) is 119 cm³/mol. The third-order valence-electron chi connectivity index (χ3n) is 7.72. The van der Waals surface area contributed by atoms with E-state index in [0.29, 0.717) is 5.92 Å². The van der Waals surface area contributed by atoms with Gasteiger partial charge in [-0.15, -0.1) is 0 Å². The third-order valence-corrected chi connectivity index (χ3v) is 7.72. The van der Waals surface area contributed by atoms with Crippen LogP contribution < -0.4 is 9.30 Å². The summed E-state index contributed by atoms with van der Waals surface area (Å²) in [5, 5.41) is 3.97. The van der Waals surface area contributed by atoms with Crippen LogP contribution in [0.15, 0.2) is 36.7 Å². The first-order chi connectivity index (χ1) is 14.7. The molecule has 2 aliphatic carbocycles. The molecular weight excluding hydrogens is 368 g/mol. The summed E-state index contributed by atoms with van der Waals surface area (Å²) >= 11 is 0. The van der Waals surface area contributed by atoms with Gasteiger partial charge in [0.2, 0.25) is 0 Å². The average Bonchev–Trinajstić information content (AvgIpc) is 3.44. The van der Waals surface area contributed by atoms with Gasteiger partial charge in [0, 0.05) is 5.56 Å². The van der Waals surface area contributed by atoms with Crippen molar-refractivity contribution in [3.05, 3.63) is 58.9 Å². The molecule has 0 N–H and O–H groups in total. The molecule has 30 heavy (non-hydrogen) atoms. The van der Waals surface area contributed by atoms with E-state index in [2.05, 4.69) is 48.9 Å². The van der Waals surface area contributed by atoms with Crippen LogP contribution in [0.3, 0.4) is 0 Å². The summed E-state index contributed by atoms with van der Waals surface area (Å²) < 4.78 is 8.98. The Morgan fingerprint density at radius 1 is 1.07 bits per heavy atom. The molecule has 0 atom stereocenters. The lowest BCUT2D eigenvalue weighted by Gasteiger charge is -2.25. The minimum absolute atomic E-state index is 0.648. The molecule has 1 aliphatic heterocycles. The number of nitrogens with zero attached hydrogens (tertiary/aromatic N) is 2. The van der Waals surface area contributed by atoms with Crippen molar-refractivity contribution < 1.29 is 9.30 Å². The van der Waals surface area contributed by atoms with Crippen molar-refractivity contribution >= 4 is 21.7 Å². The third kappa shape index (κ3) is 2.05. The maximum Gasteiger partial charge on any atom is 0.287 e. The van der Waals surface area contributed by atoms with Crippen molar-refractivity contribution in [1.29, 1.82) is 0 Å². The van der Waals surface area contributed by atoms with Gasteiger partial charge >= 0.3 is 0 Å². The van der Waals surface area contributed by atoms with E-state index in [1.807, 2.05) is 6.33 Å². The van der Waals surface area contributed by atoms with Crippen LogP contribution in [0, 0.1) is 6.92 Å². The van der Waals surface area contributed by atoms with Gasteiger partial charge in [-0.2, -0.15) is 0 Å². The molecule has 3 nitrogen and oxygen atoms in total. The minimum atomic E-state index is 0.648. The van der Waals surface area contributed by atoms with Crippen molar-refractivity contribution in [2.24, 2.45) is 7.05 Å². The highest BCUT2D eigenvalue weighted by atomic mass is 16.5. The standard InChI is InChI=1S/C27H25N2O/c1-15-19-9-5-8-17-10-11-20(24(17)19)27-23(15)26-25-21(28-14-29(26)2)12-18(13-22(25)30-27)16-6-3-4-7-16/h5,8-9,12-14,16H,3-4,6-7,10-11H2,1-2H3/q+1. The fourth-order valence-electron chi connectivity index (χ4n) is 6.27. The maximum absolute atomic E-state index is 6.80. The van der Waals surface area contributed by atoms with E-state index in [-0.39, 0.29) is 0 Å². The van der Waals surface area contributed by atoms with E-state index in [1.54, 1.807) is 0 Å². The fourth-order valence-corrected chi connectivity index (χ4v) is 6.27. The summed E-state index contributed by atoms with van der Waals surface area (Å²) in [6.07, 6.45) is 9.40. The van der Waals surface area contributed by atoms with Gasteiger partial charge in [0.1, 0.15) is 16.9 Å². The van der Waals surface area contributed by atoms with Gasteiger partial charge < -0.3 is 4.74 Å². The molecule has 7 rings (SSSR count). The van der Waals surface area contributed by atoms with Crippen LogP contribution in [0.1, 0.15) is 53.9 Å². The SMILES string of the molecule is Cc1c2c(c3c4c(cccc14)CC3)Oc1cc(C3CCCC3)cc3nc[n+](C)c-2c13. The molecule has 1 saturated carbocycles. The second-order valence-corrected chi connectivity index (χ2v) is 9.35. The van der Waals surface area contributed by atoms with Crippen molar-refractivity contribution in [3.8, 4) is 22.8 Å². The molecule has 1 fully saturated rings. The second-order valence-electron chi connectivity index (χ2n) is 9.35. The van der Waals surface area contributed by atoms with Crippen LogP contribution in [0.5, 0.6) is 11.5 Å². The normalized spacial score (nSPS) is 17.0. The zero-order valence-electron chi connectivity index (χ0n) is 17.6. The average molecular weight is 394 g/mol. The quantitative estimate of drug-likeness (QED) is 0.324. The highest BCUT2D eigenvalue weighted by Gasteiger charge is 2.34. The molecular formula is C27H25N2O+. The summed E-state index contributed by atoms with van der Waals surface area (Å²) in [6, 6.07) is 11.4. The lowest BCUT2D eigenvalue weighted by Crippen LogP contribution is -2.33. The smallest absolute Gasteiger partial charge is 0.287 e. The molecule has 0 saturated heterocycles. The van der Waals surface area contributed by atoms with Crippen molar-refractivity contribution in [2.45, 2.75) is 51.4 Å². The highest BCUT2D eigenvalue weighted by molar-refractivity contribution is 6.07. The van der Waals surface area contributed by atoms with Crippen LogP contribution >= 0.6 is 0 Å². The van der Waals surface area contributed by atoms with Crippen LogP contribution in [-0.2, 0) is 19.9 Å². The van der Waals surface area contributed by atoms with E-state index >= 15 is 0 Å². The molecule has 3 aromatic carbocycles. The number of hydrogen-bond donors (Lipinski definition) is 0. The Hall–Kier alpha value is -2.94. The molecule has 0 spiro atoms. The molecule has 1 aromatic heterocycles. The van der Waals surface area contributed by atoms with Gasteiger partial charge in [0.25, 0.3) is 6.33 Å². The first-order valence-electron chi connectivity index (χ1n) is 11.3. The number of benzene rings is 3. The van der Waals surface area contributed by atoms with Gasteiger partial charge in [-0.05, 0) is 83.1 Å². The van der Waals surface area contributed by atoms with E-state index in [4.69, 9.17) is 9.72 Å². The number of ether oxygens (including phenoxy) is 1. The number of rotatable bonds is 1. The molecule has 3 heteroatoms. The summed E-state index contributed by atoms with van der Waals surface area (Å²) in [5.41, 5.74) is 9.16. The molecule has 2 heterocycles. The molecule has 0 bridgehead atoms. The Balaban J connectivity index is 1.60. The second kappa shape index (κ2) is 5.81. The first-order valence-corrected chi connectivity index (χ1v) is 11.3. The summed E-state index contributed by atoms with van der Waals surface area (Å²) in [4.78, 5) is 4.82. The monoisotopic (exact) mass is 393 g/mol. The highest BCUT2D eigenvalue weighted by Crippen LogP contribution is 2.53. The largest absolute Gasteiger partial charge is 0.455 e. The molecule has 4 aromatic rings. The molecule has 0 amide bonds. The summed E-state index contributed by atoms with van der Waals surface area (Å²) in [6.45, 7) is 2.26. The fraction of sp³-hybridized carbons (Fsp3) is 0.333. The van der Waals surface area contributed by atoms with Gasteiger partial charge in [0.05, 0.1) is 12.6 Å². The topological polar surface area (TPSA) is 26.0 Å². The van der Waals surface area contributed by atoms with Crippen LogP contribution in [0.25, 0.3) is 32.9 Å². The van der Waals surface area contributed by atoms with Gasteiger partial charge in [-0.25, -0.2) is 4.57 Å². The van der Waals surface area contributed by atoms with E-state index in [9.17, 15) is 0 Å². The Morgan fingerprint density at radius 3 is 2.80 bits per heavy atom. The van der Waals surface area contributed by atoms with E-state index in [1.165, 1.54) is 70.0 Å². The predicted octanol–water partition coefficient (Wildman–Crippen LogP) is 6.05. The Morgan fingerprint density at radius 2 is 1.93 bits per heavy atom.